The van der Waals surface area contributed by atoms with Gasteiger partial charge in [0.2, 0.25) is 0 Å². The zero-order chi connectivity index (χ0) is 11.3. The molecule has 1 aromatic carbocycles. The summed E-state index contributed by atoms with van der Waals surface area (Å²) in [5.41, 5.74) is 2.21. The lowest BCUT2D eigenvalue weighted by atomic mass is 10.0. The topological polar surface area (TPSA) is 20.2 Å². The van der Waals surface area contributed by atoms with Gasteiger partial charge in [-0.25, -0.2) is 0 Å². The molecule has 2 heteroatoms. The Hall–Kier alpha value is -0.530. The molecule has 0 amide bonds. The third-order valence-electron chi connectivity index (χ3n) is 2.56. The number of aryl methyl sites for hydroxylation is 1. The molecule has 0 radical (unpaired) electrons. The van der Waals surface area contributed by atoms with E-state index in [1.807, 2.05) is 25.1 Å². The van der Waals surface area contributed by atoms with Crippen molar-refractivity contribution in [3.05, 3.63) is 34.3 Å². The second-order valence-electron chi connectivity index (χ2n) is 4.10. The van der Waals surface area contributed by atoms with E-state index in [0.29, 0.717) is 6.42 Å². The fourth-order valence-corrected chi connectivity index (χ4v) is 1.93. The van der Waals surface area contributed by atoms with Crippen molar-refractivity contribution in [2.75, 3.05) is 0 Å². The zero-order valence-corrected chi connectivity index (χ0v) is 10.2. The SMILES string of the molecule is CCCCC(O)Cc1ccc(C)cc1Cl. The van der Waals surface area contributed by atoms with Crippen molar-refractivity contribution in [2.24, 2.45) is 0 Å². The fraction of sp³-hybridized carbons (Fsp3) is 0.538. The van der Waals surface area contributed by atoms with Gasteiger partial charge >= 0.3 is 0 Å². The highest BCUT2D eigenvalue weighted by atomic mass is 35.5. The average Bonchev–Trinajstić information content (AvgIpc) is 2.19. The van der Waals surface area contributed by atoms with Crippen LogP contribution in [0.5, 0.6) is 0 Å². The van der Waals surface area contributed by atoms with E-state index in [9.17, 15) is 5.11 Å². The summed E-state index contributed by atoms with van der Waals surface area (Å²) in [6.45, 7) is 4.15. The van der Waals surface area contributed by atoms with Crippen molar-refractivity contribution >= 4 is 11.6 Å². The van der Waals surface area contributed by atoms with Gasteiger partial charge < -0.3 is 5.11 Å². The summed E-state index contributed by atoms with van der Waals surface area (Å²) in [6, 6.07) is 5.99. The number of benzene rings is 1. The monoisotopic (exact) mass is 226 g/mol. The smallest absolute Gasteiger partial charge is 0.0581 e. The number of rotatable bonds is 5. The first-order chi connectivity index (χ1) is 7.13. The number of hydrogen-bond donors (Lipinski definition) is 1. The van der Waals surface area contributed by atoms with E-state index < -0.39 is 0 Å². The minimum absolute atomic E-state index is 0.259. The number of unbranched alkanes of at least 4 members (excludes halogenated alkanes) is 1. The molecule has 0 aliphatic rings. The van der Waals surface area contributed by atoms with Crippen molar-refractivity contribution in [1.82, 2.24) is 0 Å². The molecule has 0 saturated heterocycles. The molecule has 1 nitrogen and oxygen atoms in total. The van der Waals surface area contributed by atoms with Crippen LogP contribution in [0.15, 0.2) is 18.2 Å². The first-order valence-corrected chi connectivity index (χ1v) is 5.94. The van der Waals surface area contributed by atoms with Gasteiger partial charge in [0.1, 0.15) is 0 Å². The molecule has 1 rings (SSSR count). The zero-order valence-electron chi connectivity index (χ0n) is 9.46. The molecule has 0 saturated carbocycles. The normalized spacial score (nSPS) is 12.8. The highest BCUT2D eigenvalue weighted by Gasteiger charge is 2.07. The molecule has 0 spiro atoms. The van der Waals surface area contributed by atoms with Gasteiger partial charge in [0.15, 0.2) is 0 Å². The lowest BCUT2D eigenvalue weighted by Crippen LogP contribution is -2.10. The van der Waals surface area contributed by atoms with Crippen molar-refractivity contribution < 1.29 is 5.11 Å². The molecule has 0 bridgehead atoms. The summed E-state index contributed by atoms with van der Waals surface area (Å²) in [5.74, 6) is 0. The highest BCUT2D eigenvalue weighted by molar-refractivity contribution is 6.31. The highest BCUT2D eigenvalue weighted by Crippen LogP contribution is 2.20. The molecule has 0 fully saturated rings. The molecule has 84 valence electrons. The van der Waals surface area contributed by atoms with Gasteiger partial charge in [-0.05, 0) is 37.0 Å². The number of aliphatic hydroxyl groups is 1. The van der Waals surface area contributed by atoms with Gasteiger partial charge in [0, 0.05) is 5.02 Å². The Morgan fingerprint density at radius 2 is 2.13 bits per heavy atom. The van der Waals surface area contributed by atoms with Crippen molar-refractivity contribution in [3.63, 3.8) is 0 Å². The molecule has 0 heterocycles. The van der Waals surface area contributed by atoms with Crippen molar-refractivity contribution in [1.29, 1.82) is 0 Å². The predicted octanol–water partition coefficient (Wildman–Crippen LogP) is 3.74. The summed E-state index contributed by atoms with van der Waals surface area (Å²) in [5, 5.41) is 10.5. The van der Waals surface area contributed by atoms with Crippen LogP contribution in [0.4, 0.5) is 0 Å². The molecule has 15 heavy (non-hydrogen) atoms. The lowest BCUT2D eigenvalue weighted by Gasteiger charge is -2.11. The van der Waals surface area contributed by atoms with Crippen LogP contribution in [0.25, 0.3) is 0 Å². The molecule has 0 aliphatic heterocycles. The number of hydrogen-bond acceptors (Lipinski definition) is 1. The summed E-state index contributed by atoms with van der Waals surface area (Å²) in [6.07, 6.45) is 3.47. The van der Waals surface area contributed by atoms with Crippen LogP contribution in [0.3, 0.4) is 0 Å². The van der Waals surface area contributed by atoms with Crippen LogP contribution < -0.4 is 0 Å². The lowest BCUT2D eigenvalue weighted by molar-refractivity contribution is 0.162. The largest absolute Gasteiger partial charge is 0.393 e. The van der Waals surface area contributed by atoms with Crippen LogP contribution >= 0.6 is 11.6 Å². The Labute approximate surface area is 97.1 Å². The molecule has 1 atom stereocenters. The maximum Gasteiger partial charge on any atom is 0.0581 e. The third-order valence-corrected chi connectivity index (χ3v) is 2.91. The first-order valence-electron chi connectivity index (χ1n) is 5.56. The van der Waals surface area contributed by atoms with E-state index in [4.69, 9.17) is 11.6 Å². The average molecular weight is 227 g/mol. The second-order valence-corrected chi connectivity index (χ2v) is 4.50. The molecule has 0 aromatic heterocycles. The van der Waals surface area contributed by atoms with Crippen LogP contribution in [0, 0.1) is 6.92 Å². The Kier molecular flexibility index (Phi) is 5.13. The minimum atomic E-state index is -0.259. The molecule has 1 N–H and O–H groups in total. The van der Waals surface area contributed by atoms with E-state index in [1.165, 1.54) is 0 Å². The Bertz CT molecular complexity index is 309. The standard InChI is InChI=1S/C13H19ClO/c1-3-4-5-12(15)9-11-7-6-10(2)8-13(11)14/h6-8,12,15H,3-5,9H2,1-2H3. The molecule has 0 aliphatic carbocycles. The van der Waals surface area contributed by atoms with Crippen molar-refractivity contribution in [2.45, 2.75) is 45.6 Å². The van der Waals surface area contributed by atoms with Gasteiger partial charge in [0.05, 0.1) is 6.10 Å². The predicted molar refractivity (Wildman–Crippen MR) is 65.4 cm³/mol. The van der Waals surface area contributed by atoms with Crippen LogP contribution in [0.2, 0.25) is 5.02 Å². The molecule has 1 aromatic rings. The van der Waals surface area contributed by atoms with E-state index in [-0.39, 0.29) is 6.10 Å². The van der Waals surface area contributed by atoms with E-state index >= 15 is 0 Å². The fourth-order valence-electron chi connectivity index (χ4n) is 1.61. The Morgan fingerprint density at radius 1 is 1.40 bits per heavy atom. The maximum atomic E-state index is 9.77. The third kappa shape index (κ3) is 4.23. The minimum Gasteiger partial charge on any atom is -0.393 e. The summed E-state index contributed by atoms with van der Waals surface area (Å²) < 4.78 is 0. The molecule has 1 unspecified atom stereocenters. The number of aliphatic hydroxyl groups excluding tert-OH is 1. The Balaban J connectivity index is 2.56. The first kappa shape index (κ1) is 12.5. The van der Waals surface area contributed by atoms with Gasteiger partial charge in [-0.1, -0.05) is 43.5 Å². The summed E-state index contributed by atoms with van der Waals surface area (Å²) >= 11 is 6.10. The molecular formula is C13H19ClO. The van der Waals surface area contributed by atoms with Crippen LogP contribution in [0.1, 0.15) is 37.3 Å². The second kappa shape index (κ2) is 6.14. The van der Waals surface area contributed by atoms with Gasteiger partial charge in [-0.3, -0.25) is 0 Å². The number of halogens is 1. The van der Waals surface area contributed by atoms with Crippen LogP contribution in [-0.4, -0.2) is 11.2 Å². The van der Waals surface area contributed by atoms with Crippen LogP contribution in [-0.2, 0) is 6.42 Å². The van der Waals surface area contributed by atoms with Gasteiger partial charge in [0.25, 0.3) is 0 Å². The quantitative estimate of drug-likeness (QED) is 0.811. The summed E-state index contributed by atoms with van der Waals surface area (Å²) in [7, 11) is 0. The van der Waals surface area contributed by atoms with Crippen molar-refractivity contribution in [3.8, 4) is 0 Å². The molecular weight excluding hydrogens is 208 g/mol. The summed E-state index contributed by atoms with van der Waals surface area (Å²) in [4.78, 5) is 0. The van der Waals surface area contributed by atoms with Gasteiger partial charge in [-0.15, -0.1) is 0 Å². The Morgan fingerprint density at radius 3 is 2.73 bits per heavy atom. The van der Waals surface area contributed by atoms with Gasteiger partial charge in [-0.2, -0.15) is 0 Å². The maximum absolute atomic E-state index is 9.77. The van der Waals surface area contributed by atoms with E-state index in [0.717, 1.165) is 35.4 Å². The van der Waals surface area contributed by atoms with E-state index in [2.05, 4.69) is 6.92 Å². The van der Waals surface area contributed by atoms with E-state index in [1.54, 1.807) is 0 Å².